The van der Waals surface area contributed by atoms with Crippen molar-refractivity contribution in [2.45, 2.75) is 25.5 Å². The molecule has 0 aromatic carbocycles. The minimum atomic E-state index is -3.18. The van der Waals surface area contributed by atoms with Crippen molar-refractivity contribution in [3.05, 3.63) is 0 Å². The van der Waals surface area contributed by atoms with Gasteiger partial charge in [0.05, 0.1) is 19.0 Å². The van der Waals surface area contributed by atoms with E-state index in [1.54, 1.807) is 4.90 Å². The van der Waals surface area contributed by atoms with Crippen LogP contribution in [0.25, 0.3) is 0 Å². The average molecular weight is 305 g/mol. The largest absolute Gasteiger partial charge is 0.375 e. The lowest BCUT2D eigenvalue weighted by Crippen LogP contribution is -2.56. The summed E-state index contributed by atoms with van der Waals surface area (Å²) in [5.41, 5.74) is 0. The van der Waals surface area contributed by atoms with Crippen LogP contribution < -0.4 is 5.32 Å². The summed E-state index contributed by atoms with van der Waals surface area (Å²) >= 11 is 0. The van der Waals surface area contributed by atoms with Crippen LogP contribution in [0.1, 0.15) is 13.3 Å². The second-order valence-corrected chi connectivity index (χ2v) is 7.33. The Morgan fingerprint density at radius 2 is 2.00 bits per heavy atom. The third-order valence-corrected chi connectivity index (χ3v) is 5.12. The van der Waals surface area contributed by atoms with Crippen LogP contribution in [0, 0.1) is 0 Å². The van der Waals surface area contributed by atoms with Gasteiger partial charge in [0.25, 0.3) is 0 Å². The van der Waals surface area contributed by atoms with Gasteiger partial charge in [0, 0.05) is 32.7 Å². The fourth-order valence-electron chi connectivity index (χ4n) is 2.65. The Morgan fingerprint density at radius 3 is 2.65 bits per heavy atom. The zero-order valence-electron chi connectivity index (χ0n) is 12.0. The molecule has 1 amide bonds. The smallest absolute Gasteiger partial charge is 0.242 e. The molecule has 116 valence electrons. The summed E-state index contributed by atoms with van der Waals surface area (Å²) in [6.07, 6.45) is 1.73. The van der Waals surface area contributed by atoms with Crippen molar-refractivity contribution in [1.82, 2.24) is 14.5 Å². The number of amides is 1. The number of nitrogens with zero attached hydrogens (tertiary/aromatic N) is 2. The molecule has 2 fully saturated rings. The Bertz CT molecular complexity index is 454. The van der Waals surface area contributed by atoms with Crippen molar-refractivity contribution in [2.24, 2.45) is 0 Å². The lowest BCUT2D eigenvalue weighted by atomic mass is 10.1. The molecule has 0 spiro atoms. The summed E-state index contributed by atoms with van der Waals surface area (Å²) in [7, 11) is -3.18. The third kappa shape index (κ3) is 3.69. The van der Waals surface area contributed by atoms with E-state index < -0.39 is 10.0 Å². The SMILES string of the molecule is C[C@H]1OCCN[C@@H]1C(=O)N1CCCN(S(C)(=O)=O)CC1. The number of carbonyl (C=O) groups excluding carboxylic acids is 1. The number of morpholine rings is 1. The predicted octanol–water partition coefficient (Wildman–Crippen LogP) is -1.14. The maximum Gasteiger partial charge on any atom is 0.242 e. The Morgan fingerprint density at radius 1 is 1.25 bits per heavy atom. The first-order valence-corrected chi connectivity index (χ1v) is 8.83. The zero-order chi connectivity index (χ0) is 14.8. The highest BCUT2D eigenvalue weighted by Gasteiger charge is 2.33. The van der Waals surface area contributed by atoms with Crippen molar-refractivity contribution >= 4 is 15.9 Å². The molecular weight excluding hydrogens is 282 g/mol. The van der Waals surface area contributed by atoms with Crippen LogP contribution in [-0.4, -0.2) is 81.3 Å². The second-order valence-electron chi connectivity index (χ2n) is 5.35. The van der Waals surface area contributed by atoms with E-state index in [9.17, 15) is 13.2 Å². The minimum Gasteiger partial charge on any atom is -0.375 e. The highest BCUT2D eigenvalue weighted by atomic mass is 32.2. The van der Waals surface area contributed by atoms with Gasteiger partial charge in [0.2, 0.25) is 15.9 Å². The number of rotatable bonds is 2. The number of carbonyl (C=O) groups is 1. The van der Waals surface area contributed by atoms with Crippen molar-refractivity contribution in [3.8, 4) is 0 Å². The van der Waals surface area contributed by atoms with Gasteiger partial charge in [0.15, 0.2) is 0 Å². The van der Waals surface area contributed by atoms with Crippen LogP contribution in [0.15, 0.2) is 0 Å². The third-order valence-electron chi connectivity index (χ3n) is 3.82. The maximum absolute atomic E-state index is 12.5. The maximum atomic E-state index is 12.5. The van der Waals surface area contributed by atoms with Gasteiger partial charge in [-0.15, -0.1) is 0 Å². The molecule has 0 bridgehead atoms. The first-order chi connectivity index (χ1) is 9.39. The zero-order valence-corrected chi connectivity index (χ0v) is 12.9. The van der Waals surface area contributed by atoms with Gasteiger partial charge < -0.3 is 15.0 Å². The standard InChI is InChI=1S/C12H23N3O4S/c1-10-11(13-4-9-19-10)12(16)14-5-3-6-15(8-7-14)20(2,17)18/h10-11,13H,3-9H2,1-2H3/t10-,11+/m1/s1. The summed E-state index contributed by atoms with van der Waals surface area (Å²) in [4.78, 5) is 14.2. The number of ether oxygens (including phenoxy) is 1. The molecule has 2 atom stereocenters. The summed E-state index contributed by atoms with van der Waals surface area (Å²) in [5.74, 6) is 0.00699. The fourth-order valence-corrected chi connectivity index (χ4v) is 3.53. The van der Waals surface area contributed by atoms with Crippen molar-refractivity contribution in [1.29, 1.82) is 0 Å². The van der Waals surface area contributed by atoms with Crippen molar-refractivity contribution in [3.63, 3.8) is 0 Å². The van der Waals surface area contributed by atoms with Gasteiger partial charge in [-0.2, -0.15) is 0 Å². The molecule has 7 nitrogen and oxygen atoms in total. The second kappa shape index (κ2) is 6.38. The van der Waals surface area contributed by atoms with E-state index >= 15 is 0 Å². The molecule has 2 aliphatic rings. The van der Waals surface area contributed by atoms with Crippen LogP contribution in [0.4, 0.5) is 0 Å². The van der Waals surface area contributed by atoms with Crippen LogP contribution >= 0.6 is 0 Å². The molecule has 0 aliphatic carbocycles. The Hall–Kier alpha value is -0.700. The van der Waals surface area contributed by atoms with Crippen LogP contribution in [0.5, 0.6) is 0 Å². The average Bonchev–Trinajstić information content (AvgIpc) is 2.63. The van der Waals surface area contributed by atoms with E-state index in [-0.39, 0.29) is 18.1 Å². The molecule has 0 unspecified atom stereocenters. The summed E-state index contributed by atoms with van der Waals surface area (Å²) in [6, 6.07) is -0.325. The van der Waals surface area contributed by atoms with E-state index in [1.165, 1.54) is 10.6 Å². The number of nitrogens with one attached hydrogen (secondary N) is 1. The molecular formula is C12H23N3O4S. The molecule has 2 saturated heterocycles. The number of sulfonamides is 1. The van der Waals surface area contributed by atoms with Gasteiger partial charge in [-0.25, -0.2) is 12.7 Å². The summed E-state index contributed by atoms with van der Waals surface area (Å²) < 4.78 is 30.1. The molecule has 2 rings (SSSR count). The van der Waals surface area contributed by atoms with Gasteiger partial charge in [-0.1, -0.05) is 0 Å². The molecule has 0 aromatic heterocycles. The Labute approximate surface area is 120 Å². The lowest BCUT2D eigenvalue weighted by Gasteiger charge is -2.33. The van der Waals surface area contributed by atoms with Gasteiger partial charge in [-0.3, -0.25) is 4.79 Å². The van der Waals surface area contributed by atoms with E-state index in [2.05, 4.69) is 5.32 Å². The van der Waals surface area contributed by atoms with Crippen molar-refractivity contribution < 1.29 is 17.9 Å². The lowest BCUT2D eigenvalue weighted by molar-refractivity contribution is -0.139. The monoisotopic (exact) mass is 305 g/mol. The molecule has 0 aromatic rings. The van der Waals surface area contributed by atoms with E-state index in [4.69, 9.17) is 4.74 Å². The molecule has 0 radical (unpaired) electrons. The molecule has 2 aliphatic heterocycles. The normalized spacial score (nSPS) is 30.0. The van der Waals surface area contributed by atoms with E-state index in [0.717, 1.165) is 0 Å². The fraction of sp³-hybridized carbons (Fsp3) is 0.917. The van der Waals surface area contributed by atoms with E-state index in [0.29, 0.717) is 45.8 Å². The van der Waals surface area contributed by atoms with Crippen LogP contribution in [-0.2, 0) is 19.6 Å². The van der Waals surface area contributed by atoms with Crippen LogP contribution in [0.2, 0.25) is 0 Å². The van der Waals surface area contributed by atoms with Gasteiger partial charge in [-0.05, 0) is 13.3 Å². The van der Waals surface area contributed by atoms with Gasteiger partial charge in [0.1, 0.15) is 6.04 Å². The quantitative estimate of drug-likeness (QED) is 0.697. The first kappa shape index (κ1) is 15.7. The Balaban J connectivity index is 1.97. The number of hydrogen-bond donors (Lipinski definition) is 1. The predicted molar refractivity (Wildman–Crippen MR) is 74.8 cm³/mol. The number of hydrogen-bond acceptors (Lipinski definition) is 5. The van der Waals surface area contributed by atoms with E-state index in [1.807, 2.05) is 6.92 Å². The van der Waals surface area contributed by atoms with Gasteiger partial charge >= 0.3 is 0 Å². The Kier molecular flexibility index (Phi) is 5.00. The summed E-state index contributed by atoms with van der Waals surface area (Å²) in [5, 5.41) is 3.18. The van der Waals surface area contributed by atoms with Crippen molar-refractivity contribution in [2.75, 3.05) is 45.6 Å². The molecule has 2 heterocycles. The molecule has 0 saturated carbocycles. The topological polar surface area (TPSA) is 79.0 Å². The summed E-state index contributed by atoms with van der Waals surface area (Å²) in [6.45, 7) is 5.05. The highest BCUT2D eigenvalue weighted by Crippen LogP contribution is 2.12. The molecule has 1 N–H and O–H groups in total. The molecule has 8 heteroatoms. The molecule has 20 heavy (non-hydrogen) atoms. The van der Waals surface area contributed by atoms with Crippen LogP contribution in [0.3, 0.4) is 0 Å². The first-order valence-electron chi connectivity index (χ1n) is 6.98. The minimum absolute atomic E-state index is 0.00699. The highest BCUT2D eigenvalue weighted by molar-refractivity contribution is 7.88.